The first kappa shape index (κ1) is 15.8. The van der Waals surface area contributed by atoms with Gasteiger partial charge in [-0.25, -0.2) is 14.8 Å². The van der Waals surface area contributed by atoms with Gasteiger partial charge in [-0.3, -0.25) is 0 Å². The van der Waals surface area contributed by atoms with E-state index >= 15 is 0 Å². The zero-order valence-corrected chi connectivity index (χ0v) is 9.81. The van der Waals surface area contributed by atoms with Gasteiger partial charge in [0, 0.05) is 0 Å². The Bertz CT molecular complexity index is 260. The summed E-state index contributed by atoms with van der Waals surface area (Å²) in [4.78, 5) is 17.7. The minimum absolute atomic E-state index is 0.0645. The van der Waals surface area contributed by atoms with Crippen LogP contribution in [0.1, 0.15) is 38.3 Å². The smallest absolute Gasteiger partial charge is 0.376 e. The van der Waals surface area contributed by atoms with Crippen LogP contribution in [0.4, 0.5) is 0 Å². The molecule has 0 aliphatic heterocycles. The highest BCUT2D eigenvalue weighted by Crippen LogP contribution is 2.02. The highest BCUT2D eigenvalue weighted by Gasteiger charge is 2.07. The molecule has 0 saturated carbocycles. The number of ether oxygens (including phenoxy) is 1. The van der Waals surface area contributed by atoms with Gasteiger partial charge in [-0.05, 0) is 0 Å². The lowest BCUT2D eigenvalue weighted by Crippen LogP contribution is -2.05. The second-order valence-corrected chi connectivity index (χ2v) is 1.76. The zero-order valence-electron chi connectivity index (χ0n) is 9.81. The van der Waals surface area contributed by atoms with E-state index < -0.39 is 5.97 Å². The predicted molar refractivity (Wildman–Crippen MR) is 57.7 cm³/mol. The summed E-state index contributed by atoms with van der Waals surface area (Å²) in [6.45, 7) is 8.00. The van der Waals surface area contributed by atoms with E-state index in [4.69, 9.17) is 5.11 Å². The summed E-state index contributed by atoms with van der Waals surface area (Å²) in [6, 6.07) is 0. The number of carbonyl (C=O) groups excluding carboxylic acids is 1. The maximum Gasteiger partial charge on any atom is 0.376 e. The Morgan fingerprint density at radius 1 is 1.20 bits per heavy atom. The topological polar surface area (TPSA) is 72.3 Å². The van der Waals surface area contributed by atoms with Crippen LogP contribution in [0.2, 0.25) is 0 Å². The van der Waals surface area contributed by atoms with E-state index in [1.807, 2.05) is 27.7 Å². The lowest BCUT2D eigenvalue weighted by molar-refractivity contribution is 0.0586. The van der Waals surface area contributed by atoms with Crippen molar-refractivity contribution in [3.8, 4) is 5.75 Å². The number of rotatable bonds is 1. The van der Waals surface area contributed by atoms with Gasteiger partial charge in [0.25, 0.3) is 0 Å². The summed E-state index contributed by atoms with van der Waals surface area (Å²) in [5.41, 5.74) is 0. The number of esters is 1. The Balaban J connectivity index is 0. The van der Waals surface area contributed by atoms with Gasteiger partial charge in [-0.1, -0.05) is 27.7 Å². The fourth-order valence-corrected chi connectivity index (χ4v) is 0.518. The maximum absolute atomic E-state index is 10.7. The molecule has 0 aromatic carbocycles. The summed E-state index contributed by atoms with van der Waals surface area (Å²) < 4.78 is 4.33. The molecule has 15 heavy (non-hydrogen) atoms. The van der Waals surface area contributed by atoms with Crippen LogP contribution in [0.5, 0.6) is 5.75 Å². The average molecular weight is 214 g/mol. The molecular weight excluding hydrogens is 196 g/mol. The lowest BCUT2D eigenvalue weighted by Gasteiger charge is -1.95. The zero-order chi connectivity index (χ0) is 12.3. The van der Waals surface area contributed by atoms with Crippen LogP contribution in [-0.4, -0.2) is 28.2 Å². The number of aromatic nitrogens is 2. The molecule has 1 aromatic rings. The SMILES string of the molecule is CC.CC.COC(=O)c1ncc(O)cn1. The Kier molecular flexibility index (Phi) is 11.0. The highest BCUT2D eigenvalue weighted by molar-refractivity contribution is 5.84. The molecule has 0 atom stereocenters. The molecule has 0 fully saturated rings. The number of aromatic hydroxyl groups is 1. The van der Waals surface area contributed by atoms with Crippen molar-refractivity contribution >= 4 is 5.97 Å². The second kappa shape index (κ2) is 10.4. The number of nitrogens with zero attached hydrogens (tertiary/aromatic N) is 2. The summed E-state index contributed by atoms with van der Waals surface area (Å²) in [5.74, 6) is -0.770. The molecule has 0 spiro atoms. The lowest BCUT2D eigenvalue weighted by atomic mass is 10.5. The molecule has 0 unspecified atom stereocenters. The molecule has 5 heteroatoms. The third-order valence-electron chi connectivity index (χ3n) is 1.01. The molecule has 0 amide bonds. The molecule has 0 bridgehead atoms. The minimum atomic E-state index is -0.620. The monoisotopic (exact) mass is 214 g/mol. The average Bonchev–Trinajstić information content (AvgIpc) is 2.34. The molecule has 1 N–H and O–H groups in total. The van der Waals surface area contributed by atoms with E-state index in [9.17, 15) is 4.79 Å². The van der Waals surface area contributed by atoms with E-state index in [-0.39, 0.29) is 11.6 Å². The van der Waals surface area contributed by atoms with Crippen LogP contribution in [0.25, 0.3) is 0 Å². The Labute approximate surface area is 90.1 Å². The Morgan fingerprint density at radius 3 is 1.93 bits per heavy atom. The van der Waals surface area contributed by atoms with Crippen molar-refractivity contribution in [2.75, 3.05) is 7.11 Å². The van der Waals surface area contributed by atoms with Gasteiger partial charge in [-0.2, -0.15) is 0 Å². The quantitative estimate of drug-likeness (QED) is 0.724. The van der Waals surface area contributed by atoms with E-state index in [1.54, 1.807) is 0 Å². The fourth-order valence-electron chi connectivity index (χ4n) is 0.518. The molecule has 0 aliphatic rings. The Morgan fingerprint density at radius 2 is 1.60 bits per heavy atom. The van der Waals surface area contributed by atoms with Crippen LogP contribution in [0.3, 0.4) is 0 Å². The molecule has 86 valence electrons. The van der Waals surface area contributed by atoms with Crippen LogP contribution in [0.15, 0.2) is 12.4 Å². The third kappa shape index (κ3) is 6.42. The first-order chi connectivity index (χ1) is 7.24. The van der Waals surface area contributed by atoms with Gasteiger partial charge in [0.05, 0.1) is 19.5 Å². The van der Waals surface area contributed by atoms with E-state index in [0.29, 0.717) is 0 Å². The Hall–Kier alpha value is -1.65. The molecule has 1 heterocycles. The van der Waals surface area contributed by atoms with Crippen molar-refractivity contribution in [3.63, 3.8) is 0 Å². The van der Waals surface area contributed by atoms with Gasteiger partial charge < -0.3 is 9.84 Å². The largest absolute Gasteiger partial charge is 0.505 e. The molecule has 0 radical (unpaired) electrons. The van der Waals surface area contributed by atoms with Gasteiger partial charge >= 0.3 is 5.97 Å². The molecule has 1 rings (SSSR count). The van der Waals surface area contributed by atoms with Gasteiger partial charge in [0.1, 0.15) is 0 Å². The predicted octanol–water partition coefficient (Wildman–Crippen LogP) is 2.02. The van der Waals surface area contributed by atoms with Crippen molar-refractivity contribution in [2.24, 2.45) is 0 Å². The standard InChI is InChI=1S/C6H6N2O3.2C2H6/c1-11-6(10)5-7-2-4(9)3-8-5;2*1-2/h2-3,9H,1H3;2*1-2H3. The summed E-state index contributed by atoms with van der Waals surface area (Å²) in [5, 5.41) is 8.73. The number of methoxy groups -OCH3 is 1. The minimum Gasteiger partial charge on any atom is -0.505 e. The van der Waals surface area contributed by atoms with Crippen molar-refractivity contribution in [1.82, 2.24) is 9.97 Å². The van der Waals surface area contributed by atoms with Crippen molar-refractivity contribution in [3.05, 3.63) is 18.2 Å². The summed E-state index contributed by atoms with van der Waals surface area (Å²) in [7, 11) is 1.23. The van der Waals surface area contributed by atoms with E-state index in [2.05, 4.69) is 14.7 Å². The van der Waals surface area contributed by atoms with Gasteiger partial charge in [0.2, 0.25) is 5.82 Å². The molecule has 1 aromatic heterocycles. The van der Waals surface area contributed by atoms with Crippen LogP contribution >= 0.6 is 0 Å². The van der Waals surface area contributed by atoms with Crippen molar-refractivity contribution in [2.45, 2.75) is 27.7 Å². The van der Waals surface area contributed by atoms with Crippen molar-refractivity contribution < 1.29 is 14.6 Å². The van der Waals surface area contributed by atoms with E-state index in [0.717, 1.165) is 12.4 Å². The first-order valence-electron chi connectivity index (χ1n) is 4.83. The molecule has 5 nitrogen and oxygen atoms in total. The molecule has 0 aliphatic carbocycles. The maximum atomic E-state index is 10.7. The number of hydrogen-bond acceptors (Lipinski definition) is 5. The highest BCUT2D eigenvalue weighted by atomic mass is 16.5. The van der Waals surface area contributed by atoms with Gasteiger partial charge in [0.15, 0.2) is 5.75 Å². The molecular formula is C10H18N2O3. The number of hydrogen-bond donors (Lipinski definition) is 1. The van der Waals surface area contributed by atoms with Crippen LogP contribution in [0, 0.1) is 0 Å². The normalized spacial score (nSPS) is 7.53. The first-order valence-corrected chi connectivity index (χ1v) is 4.83. The summed E-state index contributed by atoms with van der Waals surface area (Å²) in [6.07, 6.45) is 2.25. The number of carbonyl (C=O) groups is 1. The summed E-state index contributed by atoms with van der Waals surface area (Å²) >= 11 is 0. The van der Waals surface area contributed by atoms with Crippen LogP contribution < -0.4 is 0 Å². The van der Waals surface area contributed by atoms with E-state index in [1.165, 1.54) is 7.11 Å². The third-order valence-corrected chi connectivity index (χ3v) is 1.01. The molecule has 0 saturated heterocycles. The second-order valence-electron chi connectivity index (χ2n) is 1.76. The van der Waals surface area contributed by atoms with Crippen LogP contribution in [-0.2, 0) is 4.74 Å². The van der Waals surface area contributed by atoms with Gasteiger partial charge in [-0.15, -0.1) is 0 Å². The van der Waals surface area contributed by atoms with Crippen molar-refractivity contribution in [1.29, 1.82) is 0 Å². The fraction of sp³-hybridized carbons (Fsp3) is 0.500.